The summed E-state index contributed by atoms with van der Waals surface area (Å²) in [7, 11) is 1.72. The van der Waals surface area contributed by atoms with E-state index >= 15 is 0 Å². The van der Waals surface area contributed by atoms with Crippen LogP contribution in [0.3, 0.4) is 0 Å². The molecular weight excluding hydrogens is 384 g/mol. The predicted octanol–water partition coefficient (Wildman–Crippen LogP) is 3.80. The minimum atomic E-state index is -0.0709. The van der Waals surface area contributed by atoms with Crippen LogP contribution >= 0.6 is 23.4 Å². The average Bonchev–Trinajstić information content (AvgIpc) is 3.11. The molecule has 0 spiro atoms. The number of fused-ring (bicyclic) bond motifs is 3. The van der Waals surface area contributed by atoms with Gasteiger partial charge in [0, 0.05) is 17.8 Å². The van der Waals surface area contributed by atoms with E-state index in [1.54, 1.807) is 18.8 Å². The van der Waals surface area contributed by atoms with Gasteiger partial charge in [-0.25, -0.2) is 0 Å². The monoisotopic (exact) mass is 400 g/mol. The van der Waals surface area contributed by atoms with Crippen LogP contribution < -0.4 is 10.3 Å². The highest BCUT2D eigenvalue weighted by molar-refractivity contribution is 7.99. The van der Waals surface area contributed by atoms with Gasteiger partial charge in [0.2, 0.25) is 5.78 Å². The Morgan fingerprint density at radius 3 is 2.70 bits per heavy atom. The second-order valence-electron chi connectivity index (χ2n) is 6.00. The fourth-order valence-electron chi connectivity index (χ4n) is 2.85. The van der Waals surface area contributed by atoms with Crippen LogP contribution in [0.5, 0.6) is 5.75 Å². The Labute approximate surface area is 164 Å². The summed E-state index contributed by atoms with van der Waals surface area (Å²) in [5, 5.41) is 10.6. The van der Waals surface area contributed by atoms with Crippen molar-refractivity contribution in [1.82, 2.24) is 19.2 Å². The molecule has 0 aliphatic carbocycles. The van der Waals surface area contributed by atoms with Crippen molar-refractivity contribution < 1.29 is 4.74 Å². The molecule has 8 heteroatoms. The molecule has 0 bridgehead atoms. The van der Waals surface area contributed by atoms with E-state index in [0.717, 1.165) is 28.6 Å². The van der Waals surface area contributed by atoms with E-state index in [1.807, 2.05) is 52.9 Å². The Kier molecular flexibility index (Phi) is 5.05. The standard InChI is InChI=1S/C19H17ClN4O2S/c1-23-17(25)15-5-2-3-6-16(15)24-18(23)21-22-19(24)27-12-4-11-26-14-9-7-13(20)8-10-14/h2-3,5-10H,4,11-12H2,1H3. The number of halogens is 1. The molecule has 0 aliphatic heterocycles. The first kappa shape index (κ1) is 17.9. The zero-order valence-corrected chi connectivity index (χ0v) is 16.2. The van der Waals surface area contributed by atoms with E-state index in [4.69, 9.17) is 16.3 Å². The molecule has 6 nitrogen and oxygen atoms in total. The molecule has 0 N–H and O–H groups in total. The normalized spacial score (nSPS) is 11.3. The number of rotatable bonds is 6. The first-order valence-electron chi connectivity index (χ1n) is 8.49. The SMILES string of the molecule is Cn1c(=O)c2ccccc2n2c(SCCCOc3ccc(Cl)cc3)nnc12. The van der Waals surface area contributed by atoms with Crippen LogP contribution in [0.25, 0.3) is 16.7 Å². The number of aryl methyl sites for hydroxylation is 1. The third kappa shape index (κ3) is 3.52. The number of thioether (sulfide) groups is 1. The van der Waals surface area contributed by atoms with Crippen LogP contribution in [0.2, 0.25) is 5.02 Å². The largest absolute Gasteiger partial charge is 0.494 e. The van der Waals surface area contributed by atoms with Crippen molar-refractivity contribution in [3.8, 4) is 5.75 Å². The molecule has 2 aromatic heterocycles. The average molecular weight is 401 g/mol. The molecule has 0 fully saturated rings. The van der Waals surface area contributed by atoms with Gasteiger partial charge in [-0.05, 0) is 42.8 Å². The highest BCUT2D eigenvalue weighted by atomic mass is 35.5. The molecule has 0 aliphatic rings. The second-order valence-corrected chi connectivity index (χ2v) is 7.50. The fraction of sp³-hybridized carbons (Fsp3) is 0.211. The van der Waals surface area contributed by atoms with Gasteiger partial charge in [0.1, 0.15) is 5.75 Å². The van der Waals surface area contributed by atoms with Gasteiger partial charge in [0.25, 0.3) is 5.56 Å². The van der Waals surface area contributed by atoms with Crippen molar-refractivity contribution in [2.75, 3.05) is 12.4 Å². The maximum absolute atomic E-state index is 12.5. The molecule has 0 radical (unpaired) electrons. The predicted molar refractivity (Wildman–Crippen MR) is 108 cm³/mol. The van der Waals surface area contributed by atoms with E-state index < -0.39 is 0 Å². The molecule has 2 heterocycles. The van der Waals surface area contributed by atoms with Crippen molar-refractivity contribution in [2.45, 2.75) is 11.6 Å². The lowest BCUT2D eigenvalue weighted by atomic mass is 10.2. The molecule has 0 saturated heterocycles. The van der Waals surface area contributed by atoms with E-state index in [2.05, 4.69) is 10.2 Å². The Morgan fingerprint density at radius 1 is 1.11 bits per heavy atom. The summed E-state index contributed by atoms with van der Waals surface area (Å²) >= 11 is 7.46. The molecule has 4 rings (SSSR count). The summed E-state index contributed by atoms with van der Waals surface area (Å²) in [6.07, 6.45) is 0.853. The van der Waals surface area contributed by atoms with Crippen LogP contribution in [-0.2, 0) is 7.05 Å². The summed E-state index contributed by atoms with van der Waals surface area (Å²) in [6, 6.07) is 14.8. The van der Waals surface area contributed by atoms with Gasteiger partial charge in [0.05, 0.1) is 17.5 Å². The first-order valence-corrected chi connectivity index (χ1v) is 9.85. The van der Waals surface area contributed by atoms with Gasteiger partial charge in [-0.3, -0.25) is 13.8 Å². The van der Waals surface area contributed by atoms with Crippen LogP contribution in [-0.4, -0.2) is 31.5 Å². The molecule has 27 heavy (non-hydrogen) atoms. The van der Waals surface area contributed by atoms with E-state index in [0.29, 0.717) is 22.8 Å². The summed E-state index contributed by atoms with van der Waals surface area (Å²) in [5.74, 6) is 2.17. The number of hydrogen-bond acceptors (Lipinski definition) is 5. The Morgan fingerprint density at radius 2 is 1.89 bits per heavy atom. The lowest BCUT2D eigenvalue weighted by Crippen LogP contribution is -2.20. The zero-order chi connectivity index (χ0) is 18.8. The summed E-state index contributed by atoms with van der Waals surface area (Å²) < 4.78 is 9.18. The lowest BCUT2D eigenvalue weighted by molar-refractivity contribution is 0.318. The molecular formula is C19H17ClN4O2S. The van der Waals surface area contributed by atoms with Crippen molar-refractivity contribution in [2.24, 2.45) is 7.05 Å². The number of para-hydroxylation sites is 1. The smallest absolute Gasteiger partial charge is 0.262 e. The van der Waals surface area contributed by atoms with Gasteiger partial charge in [-0.1, -0.05) is 35.5 Å². The molecule has 0 saturated carbocycles. The maximum atomic E-state index is 12.5. The lowest BCUT2D eigenvalue weighted by Gasteiger charge is -2.08. The molecule has 0 unspecified atom stereocenters. The summed E-state index contributed by atoms with van der Waals surface area (Å²) in [4.78, 5) is 12.5. The van der Waals surface area contributed by atoms with Gasteiger partial charge in [0.15, 0.2) is 5.16 Å². The number of benzene rings is 2. The van der Waals surface area contributed by atoms with Gasteiger partial charge >= 0.3 is 0 Å². The van der Waals surface area contributed by atoms with Crippen molar-refractivity contribution in [1.29, 1.82) is 0 Å². The minimum absolute atomic E-state index is 0.0709. The van der Waals surface area contributed by atoms with Crippen molar-refractivity contribution in [3.05, 3.63) is 63.9 Å². The van der Waals surface area contributed by atoms with Gasteiger partial charge in [-0.2, -0.15) is 0 Å². The quantitative estimate of drug-likeness (QED) is 0.364. The van der Waals surface area contributed by atoms with Crippen LogP contribution in [0.15, 0.2) is 58.5 Å². The van der Waals surface area contributed by atoms with Gasteiger partial charge in [-0.15, -0.1) is 10.2 Å². The third-order valence-corrected chi connectivity index (χ3v) is 5.47. The highest BCUT2D eigenvalue weighted by Crippen LogP contribution is 2.22. The molecule has 0 atom stereocenters. The van der Waals surface area contributed by atoms with E-state index in [1.165, 1.54) is 4.57 Å². The van der Waals surface area contributed by atoms with Crippen LogP contribution in [0.1, 0.15) is 6.42 Å². The number of aromatic nitrogens is 4. The number of hydrogen-bond donors (Lipinski definition) is 0. The molecule has 0 amide bonds. The van der Waals surface area contributed by atoms with Crippen LogP contribution in [0, 0.1) is 0 Å². The van der Waals surface area contributed by atoms with E-state index in [-0.39, 0.29) is 5.56 Å². The summed E-state index contributed by atoms with van der Waals surface area (Å²) in [5.41, 5.74) is 0.749. The van der Waals surface area contributed by atoms with Crippen molar-refractivity contribution in [3.63, 3.8) is 0 Å². The topological polar surface area (TPSA) is 61.4 Å². The van der Waals surface area contributed by atoms with Gasteiger partial charge < -0.3 is 4.74 Å². The summed E-state index contributed by atoms with van der Waals surface area (Å²) in [6.45, 7) is 0.602. The highest BCUT2D eigenvalue weighted by Gasteiger charge is 2.14. The fourth-order valence-corrected chi connectivity index (χ4v) is 3.83. The Hall–Kier alpha value is -2.51. The van der Waals surface area contributed by atoms with E-state index in [9.17, 15) is 4.79 Å². The van der Waals surface area contributed by atoms with Crippen molar-refractivity contribution >= 4 is 40.0 Å². The molecule has 138 valence electrons. The second kappa shape index (κ2) is 7.62. The molecule has 2 aromatic carbocycles. The Balaban J connectivity index is 1.48. The number of nitrogens with zero attached hydrogens (tertiary/aromatic N) is 4. The third-order valence-electron chi connectivity index (χ3n) is 4.20. The Bertz CT molecular complexity index is 1150. The minimum Gasteiger partial charge on any atom is -0.494 e. The van der Waals surface area contributed by atoms with Crippen LogP contribution in [0.4, 0.5) is 0 Å². The number of ether oxygens (including phenoxy) is 1. The first-order chi connectivity index (χ1) is 13.1. The molecule has 4 aromatic rings. The maximum Gasteiger partial charge on any atom is 0.262 e. The zero-order valence-electron chi connectivity index (χ0n) is 14.6.